The Bertz CT molecular complexity index is 1000. The Morgan fingerprint density at radius 1 is 0.809 bits per heavy atom. The number of carboxylic acids is 1. The molecule has 270 valence electrons. The van der Waals surface area contributed by atoms with Gasteiger partial charge < -0.3 is 29.8 Å². The summed E-state index contributed by atoms with van der Waals surface area (Å²) in [6.45, 7) is 6.20. The Hall–Kier alpha value is -1.94. The van der Waals surface area contributed by atoms with Crippen LogP contribution in [0.3, 0.4) is 0 Å². The Morgan fingerprint density at radius 2 is 1.43 bits per heavy atom. The normalized spacial score (nSPS) is 35.2. The van der Waals surface area contributed by atoms with Crippen LogP contribution in [0.1, 0.15) is 104 Å². The van der Waals surface area contributed by atoms with Crippen LogP contribution in [-0.2, 0) is 28.8 Å². The highest BCUT2D eigenvalue weighted by atomic mass is 17.1. The zero-order valence-corrected chi connectivity index (χ0v) is 28.1. The number of ether oxygens (including phenoxy) is 2. The highest BCUT2D eigenvalue weighted by Gasteiger charge is 2.44. The fourth-order valence-electron chi connectivity index (χ4n) is 7.78. The third kappa shape index (κ3) is 11.9. The second-order valence-corrected chi connectivity index (χ2v) is 15.3. The second-order valence-electron chi connectivity index (χ2n) is 15.3. The zero-order chi connectivity index (χ0) is 34.0. The number of carboxylic acid groups (broad SMARTS) is 1. The van der Waals surface area contributed by atoms with E-state index in [4.69, 9.17) is 19.6 Å². The van der Waals surface area contributed by atoms with Gasteiger partial charge in [0.25, 0.3) is 0 Å². The van der Waals surface area contributed by atoms with E-state index < -0.39 is 28.8 Å². The highest BCUT2D eigenvalue weighted by molar-refractivity contribution is 5.85. The lowest BCUT2D eigenvalue weighted by Gasteiger charge is -2.35. The van der Waals surface area contributed by atoms with Crippen molar-refractivity contribution in [2.75, 3.05) is 26.4 Å². The number of nitro groups is 1. The van der Waals surface area contributed by atoms with Gasteiger partial charge in [-0.2, -0.15) is 5.48 Å². The summed E-state index contributed by atoms with van der Waals surface area (Å²) in [7, 11) is 0. The van der Waals surface area contributed by atoms with Crippen LogP contribution >= 0.6 is 0 Å². The minimum Gasteiger partial charge on any atom is -0.481 e. The number of hydrogen-bond acceptors (Lipinski definition) is 11. The first kappa shape index (κ1) is 37.9. The Labute approximate surface area is 277 Å². The van der Waals surface area contributed by atoms with Crippen LogP contribution in [0, 0.1) is 39.2 Å². The molecule has 0 heterocycles. The lowest BCUT2D eigenvalue weighted by Crippen LogP contribution is -2.48. The number of amides is 1. The molecule has 14 heteroatoms. The first-order chi connectivity index (χ1) is 22.4. The first-order valence-electron chi connectivity index (χ1n) is 17.7. The van der Waals surface area contributed by atoms with Crippen LogP contribution in [0.4, 0.5) is 0 Å². The standard InChI is InChI=1S/C33H57N3O11/c1-33(2,20-45-28-12-6-24(7-13-28)35-46-17-21-3-9-26(37)15-22(21)18-47-43)19-44-27-10-4-23(5-11-27)34-31(38)29-14-8-25(36(41)42)16-30(29)32(39)40/h21-30,35,37,43H,3-20H2,1-2H3,(H,34,38)(H,39,40). The molecule has 4 rings (SSSR count). The Morgan fingerprint density at radius 3 is 2.00 bits per heavy atom. The fraction of sp³-hybridized carbons (Fsp3) is 0.939. The van der Waals surface area contributed by atoms with Gasteiger partial charge in [-0.15, -0.1) is 0 Å². The van der Waals surface area contributed by atoms with Crippen molar-refractivity contribution in [1.82, 2.24) is 10.8 Å². The second kappa shape index (κ2) is 18.2. The minimum absolute atomic E-state index is 0.0459. The van der Waals surface area contributed by atoms with Gasteiger partial charge in [-0.3, -0.25) is 25.0 Å². The van der Waals surface area contributed by atoms with Crippen molar-refractivity contribution in [2.45, 2.75) is 140 Å². The van der Waals surface area contributed by atoms with E-state index in [1.54, 1.807) is 0 Å². The summed E-state index contributed by atoms with van der Waals surface area (Å²) in [6, 6.07) is -0.677. The average Bonchev–Trinajstić information content (AvgIpc) is 3.05. The number of rotatable bonds is 16. The summed E-state index contributed by atoms with van der Waals surface area (Å²) < 4.78 is 12.6. The van der Waals surface area contributed by atoms with Crippen molar-refractivity contribution >= 4 is 11.9 Å². The molecule has 0 bridgehead atoms. The van der Waals surface area contributed by atoms with Crippen molar-refractivity contribution < 1.29 is 49.2 Å². The molecule has 0 aromatic carbocycles. The predicted molar refractivity (Wildman–Crippen MR) is 170 cm³/mol. The van der Waals surface area contributed by atoms with Gasteiger partial charge in [-0.25, -0.2) is 4.89 Å². The Kier molecular flexibility index (Phi) is 14.6. The molecule has 47 heavy (non-hydrogen) atoms. The summed E-state index contributed by atoms with van der Waals surface area (Å²) in [5, 5.41) is 42.5. The predicted octanol–water partition coefficient (Wildman–Crippen LogP) is 3.72. The smallest absolute Gasteiger partial charge is 0.307 e. The van der Waals surface area contributed by atoms with Crippen molar-refractivity contribution in [1.29, 1.82) is 0 Å². The quantitative estimate of drug-likeness (QED) is 0.0907. The zero-order valence-electron chi connectivity index (χ0n) is 28.1. The van der Waals surface area contributed by atoms with Gasteiger partial charge in [0.1, 0.15) is 0 Å². The molecule has 4 aliphatic rings. The topological polar surface area (TPSA) is 199 Å². The molecular weight excluding hydrogens is 614 g/mol. The molecule has 0 aromatic heterocycles. The van der Waals surface area contributed by atoms with E-state index in [-0.39, 0.29) is 79.4 Å². The van der Waals surface area contributed by atoms with E-state index in [1.165, 1.54) is 0 Å². The Balaban J connectivity index is 1.07. The molecule has 1 amide bonds. The molecule has 0 saturated heterocycles. The van der Waals surface area contributed by atoms with Crippen LogP contribution < -0.4 is 10.8 Å². The van der Waals surface area contributed by atoms with Crippen LogP contribution in [-0.4, -0.2) is 95.1 Å². The molecule has 6 unspecified atom stereocenters. The van der Waals surface area contributed by atoms with Crippen molar-refractivity contribution in [3.05, 3.63) is 10.1 Å². The van der Waals surface area contributed by atoms with Gasteiger partial charge in [-0.1, -0.05) is 13.8 Å². The number of nitrogens with one attached hydrogen (secondary N) is 2. The van der Waals surface area contributed by atoms with Crippen molar-refractivity contribution in [3.63, 3.8) is 0 Å². The monoisotopic (exact) mass is 671 g/mol. The van der Waals surface area contributed by atoms with E-state index in [0.717, 1.165) is 64.2 Å². The molecule has 4 saturated carbocycles. The third-order valence-corrected chi connectivity index (χ3v) is 10.8. The van der Waals surface area contributed by atoms with E-state index in [2.05, 4.69) is 29.5 Å². The number of hydrogen-bond donors (Lipinski definition) is 5. The number of aliphatic carboxylic acids is 1. The van der Waals surface area contributed by atoms with E-state index in [1.807, 2.05) is 0 Å². The lowest BCUT2D eigenvalue weighted by molar-refractivity contribution is -0.528. The maximum atomic E-state index is 12.9. The summed E-state index contributed by atoms with van der Waals surface area (Å²) in [4.78, 5) is 45.6. The molecular formula is C33H57N3O11. The largest absolute Gasteiger partial charge is 0.481 e. The van der Waals surface area contributed by atoms with Crippen molar-refractivity contribution in [3.8, 4) is 0 Å². The van der Waals surface area contributed by atoms with Crippen molar-refractivity contribution in [2.24, 2.45) is 29.1 Å². The van der Waals surface area contributed by atoms with Gasteiger partial charge in [-0.05, 0) is 88.9 Å². The molecule has 0 spiro atoms. The van der Waals surface area contributed by atoms with Gasteiger partial charge in [0.05, 0.1) is 56.6 Å². The molecule has 14 nitrogen and oxygen atoms in total. The van der Waals surface area contributed by atoms with Crippen LogP contribution in [0.5, 0.6) is 0 Å². The van der Waals surface area contributed by atoms with Gasteiger partial charge in [0.15, 0.2) is 0 Å². The van der Waals surface area contributed by atoms with Gasteiger partial charge in [0.2, 0.25) is 11.9 Å². The molecule has 4 fully saturated rings. The number of aliphatic hydroxyl groups excluding tert-OH is 1. The molecule has 0 radical (unpaired) electrons. The van der Waals surface area contributed by atoms with E-state index in [0.29, 0.717) is 26.2 Å². The maximum Gasteiger partial charge on any atom is 0.307 e. The highest BCUT2D eigenvalue weighted by Crippen LogP contribution is 2.34. The third-order valence-electron chi connectivity index (χ3n) is 10.8. The summed E-state index contributed by atoms with van der Waals surface area (Å²) in [5.74, 6) is -2.88. The number of carbonyl (C=O) groups excluding carboxylic acids is 1. The lowest BCUT2D eigenvalue weighted by atomic mass is 9.76. The number of carbonyl (C=O) groups is 2. The van der Waals surface area contributed by atoms with E-state index in [9.17, 15) is 29.9 Å². The van der Waals surface area contributed by atoms with Gasteiger partial charge in [0, 0.05) is 35.3 Å². The first-order valence-corrected chi connectivity index (χ1v) is 17.7. The molecule has 4 aliphatic carbocycles. The minimum atomic E-state index is -1.14. The number of aliphatic hydroxyl groups is 1. The molecule has 0 aliphatic heterocycles. The molecule has 6 atom stereocenters. The van der Waals surface area contributed by atoms with Crippen LogP contribution in [0.15, 0.2) is 0 Å². The molecule has 5 N–H and O–H groups in total. The molecule has 0 aromatic rings. The average molecular weight is 672 g/mol. The van der Waals surface area contributed by atoms with Gasteiger partial charge >= 0.3 is 5.97 Å². The maximum absolute atomic E-state index is 12.9. The summed E-state index contributed by atoms with van der Waals surface area (Å²) in [6.07, 6.45) is 9.44. The summed E-state index contributed by atoms with van der Waals surface area (Å²) >= 11 is 0. The fourth-order valence-corrected chi connectivity index (χ4v) is 7.78. The number of nitrogens with zero attached hydrogens (tertiary/aromatic N) is 1. The SMILES string of the molecule is CC(C)(COC1CCC(NOCC2CCC(O)CC2COO)CC1)COC1CCC(NC(=O)C2CCC([N+](=O)[O-])CC2C(=O)O)CC1. The van der Waals surface area contributed by atoms with Crippen LogP contribution in [0.2, 0.25) is 0 Å². The number of hydroxylamine groups is 1. The van der Waals surface area contributed by atoms with E-state index >= 15 is 0 Å². The summed E-state index contributed by atoms with van der Waals surface area (Å²) in [5.41, 5.74) is 3.07. The van der Waals surface area contributed by atoms with Crippen LogP contribution in [0.25, 0.3) is 0 Å².